The van der Waals surface area contributed by atoms with Gasteiger partial charge in [-0.2, -0.15) is 0 Å². The first-order valence-corrected chi connectivity index (χ1v) is 3.16. The monoisotopic (exact) mass is 128 g/mol. The van der Waals surface area contributed by atoms with Crippen LogP contribution in [0.5, 0.6) is 0 Å². The lowest BCUT2D eigenvalue weighted by Gasteiger charge is -2.28. The second-order valence-corrected chi connectivity index (χ2v) is 2.53. The molecule has 1 aliphatic heterocycles. The van der Waals surface area contributed by atoms with Gasteiger partial charge < -0.3 is 10.2 Å². The zero-order chi connectivity index (χ0) is 6.85. The Morgan fingerprint density at radius 1 is 1.67 bits per heavy atom. The van der Waals surface area contributed by atoms with Crippen LogP contribution in [0.4, 0.5) is 0 Å². The molecule has 0 spiro atoms. The van der Waals surface area contributed by atoms with Crippen molar-refractivity contribution in [1.29, 1.82) is 0 Å². The minimum Gasteiger partial charge on any atom is -0.347 e. The Morgan fingerprint density at radius 3 is 2.33 bits per heavy atom. The summed E-state index contributed by atoms with van der Waals surface area (Å²) in [6.45, 7) is 0.990. The van der Waals surface area contributed by atoms with E-state index in [1.807, 2.05) is 0 Å². The van der Waals surface area contributed by atoms with Crippen LogP contribution in [0.3, 0.4) is 0 Å². The molecule has 1 amide bonds. The minimum atomic E-state index is 0.111. The van der Waals surface area contributed by atoms with E-state index in [4.69, 9.17) is 0 Å². The lowest BCUT2D eigenvalue weighted by Crippen LogP contribution is -2.52. The molecular formula is C6H12N2O. The highest BCUT2D eigenvalue weighted by atomic mass is 16.2. The molecule has 1 saturated heterocycles. The zero-order valence-corrected chi connectivity index (χ0v) is 5.85. The number of carbonyl (C=O) groups is 1. The summed E-state index contributed by atoms with van der Waals surface area (Å²) in [5.74, 6) is 0.196. The molecule has 1 fully saturated rings. The number of hydrogen-bond acceptors (Lipinski definition) is 2. The topological polar surface area (TPSA) is 32.3 Å². The van der Waals surface area contributed by atoms with Gasteiger partial charge in [0.2, 0.25) is 5.91 Å². The van der Waals surface area contributed by atoms with Gasteiger partial charge in [0.1, 0.15) is 0 Å². The molecule has 3 nitrogen and oxygen atoms in total. The molecule has 52 valence electrons. The highest BCUT2D eigenvalue weighted by Gasteiger charge is 2.25. The van der Waals surface area contributed by atoms with Crippen LogP contribution in [0.15, 0.2) is 0 Å². The smallest absolute Gasteiger partial charge is 0.239 e. The van der Waals surface area contributed by atoms with Crippen molar-refractivity contribution in [3.8, 4) is 0 Å². The molecule has 0 bridgehead atoms. The maximum atomic E-state index is 11.0. The van der Waals surface area contributed by atoms with Crippen LogP contribution >= 0.6 is 0 Å². The van der Waals surface area contributed by atoms with Crippen LogP contribution in [0.25, 0.3) is 0 Å². The van der Waals surface area contributed by atoms with E-state index in [9.17, 15) is 4.79 Å². The Kier molecular flexibility index (Phi) is 1.71. The van der Waals surface area contributed by atoms with Crippen molar-refractivity contribution in [1.82, 2.24) is 10.2 Å². The summed E-state index contributed by atoms with van der Waals surface area (Å²) in [6, 6.07) is 0.111. The largest absolute Gasteiger partial charge is 0.347 e. The SMILES string of the molecule is CN(C)C(=O)[C@H]1CCN1. The molecule has 0 radical (unpaired) electrons. The number of nitrogens with zero attached hydrogens (tertiary/aromatic N) is 1. The fourth-order valence-corrected chi connectivity index (χ4v) is 0.811. The van der Waals surface area contributed by atoms with Crippen molar-refractivity contribution in [3.05, 3.63) is 0 Å². The number of hydrogen-bond donors (Lipinski definition) is 1. The fraction of sp³-hybridized carbons (Fsp3) is 0.833. The highest BCUT2D eigenvalue weighted by molar-refractivity contribution is 5.82. The molecule has 1 heterocycles. The number of rotatable bonds is 1. The zero-order valence-electron chi connectivity index (χ0n) is 5.85. The molecule has 0 aromatic heterocycles. The Morgan fingerprint density at radius 2 is 2.22 bits per heavy atom. The Bertz CT molecular complexity index is 118. The normalized spacial score (nSPS) is 24.9. The third kappa shape index (κ3) is 1.21. The Balaban J connectivity index is 2.32. The average Bonchev–Trinajstić information content (AvgIpc) is 1.60. The van der Waals surface area contributed by atoms with Crippen LogP contribution in [0.2, 0.25) is 0 Å². The summed E-state index contributed by atoms with van der Waals surface area (Å²) in [7, 11) is 3.56. The summed E-state index contributed by atoms with van der Waals surface area (Å²) >= 11 is 0. The number of likely N-dealkylation sites (N-methyl/N-ethyl adjacent to an activating group) is 1. The highest BCUT2D eigenvalue weighted by Crippen LogP contribution is 2.03. The van der Waals surface area contributed by atoms with Gasteiger partial charge in [-0.3, -0.25) is 4.79 Å². The lowest BCUT2D eigenvalue weighted by molar-refractivity contribution is -0.132. The van der Waals surface area contributed by atoms with Crippen molar-refractivity contribution in [2.24, 2.45) is 0 Å². The molecule has 0 aromatic rings. The van der Waals surface area contributed by atoms with E-state index in [2.05, 4.69) is 5.32 Å². The number of amides is 1. The van der Waals surface area contributed by atoms with Gasteiger partial charge in [0.25, 0.3) is 0 Å². The van der Waals surface area contributed by atoms with E-state index in [1.54, 1.807) is 19.0 Å². The van der Waals surface area contributed by atoms with Gasteiger partial charge >= 0.3 is 0 Å². The van der Waals surface area contributed by atoms with Crippen molar-refractivity contribution in [2.45, 2.75) is 12.5 Å². The fourth-order valence-electron chi connectivity index (χ4n) is 0.811. The third-order valence-electron chi connectivity index (χ3n) is 1.56. The quantitative estimate of drug-likeness (QED) is 0.513. The molecule has 1 rings (SSSR count). The van der Waals surface area contributed by atoms with E-state index < -0.39 is 0 Å². The molecule has 0 saturated carbocycles. The summed E-state index contributed by atoms with van der Waals surface area (Å²) < 4.78 is 0. The Labute approximate surface area is 55.0 Å². The summed E-state index contributed by atoms with van der Waals surface area (Å²) in [5, 5.41) is 3.04. The Hall–Kier alpha value is -0.570. The van der Waals surface area contributed by atoms with Crippen molar-refractivity contribution in [2.75, 3.05) is 20.6 Å². The second-order valence-electron chi connectivity index (χ2n) is 2.53. The predicted molar refractivity (Wildman–Crippen MR) is 35.1 cm³/mol. The predicted octanol–water partition coefficient (Wildman–Crippen LogP) is -0.563. The van der Waals surface area contributed by atoms with E-state index in [1.165, 1.54) is 0 Å². The van der Waals surface area contributed by atoms with Gasteiger partial charge in [-0.15, -0.1) is 0 Å². The van der Waals surface area contributed by atoms with Crippen LogP contribution in [0, 0.1) is 0 Å². The van der Waals surface area contributed by atoms with Gasteiger partial charge in [-0.1, -0.05) is 0 Å². The van der Waals surface area contributed by atoms with Crippen molar-refractivity contribution < 1.29 is 4.79 Å². The average molecular weight is 128 g/mol. The molecule has 1 aliphatic rings. The third-order valence-corrected chi connectivity index (χ3v) is 1.56. The van der Waals surface area contributed by atoms with Crippen LogP contribution < -0.4 is 5.32 Å². The maximum Gasteiger partial charge on any atom is 0.239 e. The van der Waals surface area contributed by atoms with Crippen molar-refractivity contribution >= 4 is 5.91 Å². The molecule has 0 aromatic carbocycles. The van der Waals surface area contributed by atoms with E-state index in [0.717, 1.165) is 13.0 Å². The van der Waals surface area contributed by atoms with Gasteiger partial charge in [0.05, 0.1) is 6.04 Å². The minimum absolute atomic E-state index is 0.111. The van der Waals surface area contributed by atoms with E-state index in [-0.39, 0.29) is 11.9 Å². The van der Waals surface area contributed by atoms with E-state index in [0.29, 0.717) is 0 Å². The molecule has 3 heteroatoms. The van der Waals surface area contributed by atoms with E-state index >= 15 is 0 Å². The molecule has 0 unspecified atom stereocenters. The first kappa shape index (κ1) is 6.55. The standard InChI is InChI=1S/C6H12N2O/c1-8(2)6(9)5-3-4-7-5/h5,7H,3-4H2,1-2H3/t5-/m1/s1. The summed E-state index contributed by atoms with van der Waals surface area (Å²) in [4.78, 5) is 12.6. The lowest BCUT2D eigenvalue weighted by atomic mass is 10.1. The molecular weight excluding hydrogens is 116 g/mol. The molecule has 1 N–H and O–H groups in total. The first-order valence-electron chi connectivity index (χ1n) is 3.16. The molecule has 1 atom stereocenters. The number of nitrogens with one attached hydrogen (secondary N) is 1. The van der Waals surface area contributed by atoms with Gasteiger partial charge in [0, 0.05) is 14.1 Å². The molecule has 9 heavy (non-hydrogen) atoms. The molecule has 0 aliphatic carbocycles. The summed E-state index contributed by atoms with van der Waals surface area (Å²) in [5.41, 5.74) is 0. The van der Waals surface area contributed by atoms with Gasteiger partial charge in [0.15, 0.2) is 0 Å². The van der Waals surface area contributed by atoms with Crippen LogP contribution in [-0.4, -0.2) is 37.5 Å². The first-order chi connectivity index (χ1) is 4.22. The summed E-state index contributed by atoms with van der Waals surface area (Å²) in [6.07, 6.45) is 0.997. The van der Waals surface area contributed by atoms with Crippen LogP contribution in [-0.2, 0) is 4.79 Å². The van der Waals surface area contributed by atoms with Crippen LogP contribution in [0.1, 0.15) is 6.42 Å². The van der Waals surface area contributed by atoms with Crippen molar-refractivity contribution in [3.63, 3.8) is 0 Å². The van der Waals surface area contributed by atoms with Gasteiger partial charge in [-0.05, 0) is 13.0 Å². The second kappa shape index (κ2) is 2.35. The number of carbonyl (C=O) groups excluding carboxylic acids is 1. The maximum absolute atomic E-state index is 11.0. The van der Waals surface area contributed by atoms with Gasteiger partial charge in [-0.25, -0.2) is 0 Å².